The Labute approximate surface area is 130 Å². The average molecular weight is 302 g/mol. The Bertz CT molecular complexity index is 215. The minimum absolute atomic E-state index is 0.616. The van der Waals surface area contributed by atoms with Crippen molar-refractivity contribution in [2.24, 2.45) is 0 Å². The number of rotatable bonds is 7. The highest BCUT2D eigenvalue weighted by Crippen LogP contribution is 2.30. The zero-order valence-electron chi connectivity index (χ0n) is 14.0. The summed E-state index contributed by atoms with van der Waals surface area (Å²) in [5, 5.41) is 0. The van der Waals surface area contributed by atoms with Gasteiger partial charge in [-0.05, 0) is 19.3 Å². The van der Waals surface area contributed by atoms with Crippen LogP contribution < -0.4 is 0 Å². The Morgan fingerprint density at radius 1 is 0.762 bits per heavy atom. The van der Waals surface area contributed by atoms with Gasteiger partial charge in [0, 0.05) is 12.8 Å². The van der Waals surface area contributed by atoms with Crippen molar-refractivity contribution in [2.75, 3.05) is 13.7 Å². The molecule has 0 amide bonds. The van der Waals surface area contributed by atoms with Gasteiger partial charge in [-0.2, -0.15) is 9.78 Å². The monoisotopic (exact) mass is 302 g/mol. The van der Waals surface area contributed by atoms with Crippen molar-refractivity contribution >= 4 is 0 Å². The Morgan fingerprint density at radius 3 is 1.76 bits per heavy atom. The van der Waals surface area contributed by atoms with Crippen molar-refractivity contribution in [1.82, 2.24) is 0 Å². The summed E-state index contributed by atoms with van der Waals surface area (Å²) in [5.41, 5.74) is 0. The van der Waals surface area contributed by atoms with Crippen LogP contribution in [0.3, 0.4) is 0 Å². The Hall–Kier alpha value is -0.160. The fourth-order valence-electron chi connectivity index (χ4n) is 2.84. The van der Waals surface area contributed by atoms with Gasteiger partial charge < -0.3 is 0 Å². The van der Waals surface area contributed by atoms with E-state index in [0.717, 1.165) is 38.5 Å². The fourth-order valence-corrected chi connectivity index (χ4v) is 2.84. The minimum atomic E-state index is -0.721. The smallest absolute Gasteiger partial charge is 0.233 e. The van der Waals surface area contributed by atoms with Crippen LogP contribution in [0.25, 0.3) is 0 Å². The largest absolute Gasteiger partial charge is 0.237 e. The molecule has 4 heteroatoms. The van der Waals surface area contributed by atoms with E-state index in [1.807, 2.05) is 0 Å². The number of hydrogen-bond donors (Lipinski definition) is 0. The molecular formula is C17H34O4. The van der Waals surface area contributed by atoms with Crippen LogP contribution in [-0.2, 0) is 19.6 Å². The van der Waals surface area contributed by atoms with E-state index >= 15 is 0 Å². The van der Waals surface area contributed by atoms with Gasteiger partial charge >= 0.3 is 0 Å². The second-order valence-electron chi connectivity index (χ2n) is 6.10. The van der Waals surface area contributed by atoms with Crippen LogP contribution in [0.15, 0.2) is 0 Å². The van der Waals surface area contributed by atoms with E-state index in [1.165, 1.54) is 44.9 Å². The molecule has 0 spiro atoms. The third-order valence-electron chi connectivity index (χ3n) is 4.14. The van der Waals surface area contributed by atoms with Crippen molar-refractivity contribution < 1.29 is 19.6 Å². The summed E-state index contributed by atoms with van der Waals surface area (Å²) in [6.45, 7) is 2.76. The fraction of sp³-hybridized carbons (Fsp3) is 1.00. The maximum absolute atomic E-state index is 5.67. The maximum Gasteiger partial charge on any atom is 0.233 e. The van der Waals surface area contributed by atoms with E-state index in [2.05, 4.69) is 6.92 Å². The highest BCUT2D eigenvalue weighted by Gasteiger charge is 2.34. The maximum atomic E-state index is 5.67. The molecule has 1 aliphatic carbocycles. The standard InChI is InChI=1S/C17H34O4/c1-3-4-16-19-21-17(20-18-2)14-12-10-8-6-5-7-9-11-13-15-17/h3-16H2,1-2H3. The molecule has 0 heterocycles. The molecule has 0 unspecified atom stereocenters. The molecule has 1 fully saturated rings. The minimum Gasteiger partial charge on any atom is -0.237 e. The summed E-state index contributed by atoms with van der Waals surface area (Å²) >= 11 is 0. The van der Waals surface area contributed by atoms with Crippen molar-refractivity contribution in [3.8, 4) is 0 Å². The summed E-state index contributed by atoms with van der Waals surface area (Å²) < 4.78 is 0. The van der Waals surface area contributed by atoms with Gasteiger partial charge in [0.15, 0.2) is 0 Å². The molecule has 0 aromatic rings. The summed E-state index contributed by atoms with van der Waals surface area (Å²) in [7, 11) is 1.55. The van der Waals surface area contributed by atoms with E-state index in [9.17, 15) is 0 Å². The third kappa shape index (κ3) is 8.77. The summed E-state index contributed by atoms with van der Waals surface area (Å²) in [5.74, 6) is -0.721. The van der Waals surface area contributed by atoms with Crippen LogP contribution in [0.2, 0.25) is 0 Å². The van der Waals surface area contributed by atoms with Crippen molar-refractivity contribution in [3.63, 3.8) is 0 Å². The van der Waals surface area contributed by atoms with E-state index < -0.39 is 5.79 Å². The topological polar surface area (TPSA) is 36.9 Å². The zero-order chi connectivity index (χ0) is 15.2. The summed E-state index contributed by atoms with van der Waals surface area (Å²) in [4.78, 5) is 21.5. The van der Waals surface area contributed by atoms with Crippen molar-refractivity contribution in [3.05, 3.63) is 0 Å². The highest BCUT2D eigenvalue weighted by atomic mass is 17.3. The van der Waals surface area contributed by atoms with Gasteiger partial charge in [0.2, 0.25) is 5.79 Å². The molecule has 0 bridgehead atoms. The van der Waals surface area contributed by atoms with Gasteiger partial charge in [0.1, 0.15) is 0 Å². The molecule has 126 valence electrons. The van der Waals surface area contributed by atoms with Crippen LogP contribution in [0.1, 0.15) is 90.4 Å². The predicted octanol–water partition coefficient (Wildman–Crippen LogP) is 5.31. The molecule has 4 nitrogen and oxygen atoms in total. The van der Waals surface area contributed by atoms with Gasteiger partial charge in [-0.3, -0.25) is 0 Å². The quantitative estimate of drug-likeness (QED) is 0.276. The van der Waals surface area contributed by atoms with Gasteiger partial charge in [-0.1, -0.05) is 58.3 Å². The lowest BCUT2D eigenvalue weighted by Crippen LogP contribution is -2.36. The van der Waals surface area contributed by atoms with Crippen LogP contribution in [-0.4, -0.2) is 19.5 Å². The first-order valence-electron chi connectivity index (χ1n) is 8.85. The molecule has 0 radical (unpaired) electrons. The molecule has 0 aliphatic heterocycles. The molecule has 0 aromatic heterocycles. The van der Waals surface area contributed by atoms with Crippen molar-refractivity contribution in [2.45, 2.75) is 96.2 Å². The van der Waals surface area contributed by atoms with E-state index in [4.69, 9.17) is 19.6 Å². The van der Waals surface area contributed by atoms with Crippen LogP contribution >= 0.6 is 0 Å². The first-order valence-corrected chi connectivity index (χ1v) is 8.85. The number of unbranched alkanes of at least 4 members (excludes halogenated alkanes) is 1. The van der Waals surface area contributed by atoms with E-state index in [1.54, 1.807) is 7.11 Å². The highest BCUT2D eigenvalue weighted by molar-refractivity contribution is 4.69. The van der Waals surface area contributed by atoms with Gasteiger partial charge in [-0.15, -0.1) is 0 Å². The molecule has 1 rings (SSSR count). The Morgan fingerprint density at radius 2 is 1.29 bits per heavy atom. The first-order chi connectivity index (χ1) is 10.3. The lowest BCUT2D eigenvalue weighted by Gasteiger charge is -2.30. The summed E-state index contributed by atoms with van der Waals surface area (Å²) in [6.07, 6.45) is 15.1. The third-order valence-corrected chi connectivity index (χ3v) is 4.14. The molecule has 1 aliphatic rings. The second kappa shape index (κ2) is 12.4. The lowest BCUT2D eigenvalue weighted by atomic mass is 9.97. The normalized spacial score (nSPS) is 21.4. The van der Waals surface area contributed by atoms with Crippen molar-refractivity contribution in [1.29, 1.82) is 0 Å². The number of hydrogen-bond acceptors (Lipinski definition) is 4. The van der Waals surface area contributed by atoms with Crippen LogP contribution in [0.4, 0.5) is 0 Å². The molecule has 21 heavy (non-hydrogen) atoms. The van der Waals surface area contributed by atoms with Crippen LogP contribution in [0.5, 0.6) is 0 Å². The molecule has 0 N–H and O–H groups in total. The average Bonchev–Trinajstić information content (AvgIpc) is 2.47. The van der Waals surface area contributed by atoms with Gasteiger partial charge in [-0.25, -0.2) is 9.78 Å². The van der Waals surface area contributed by atoms with Gasteiger partial charge in [0.25, 0.3) is 0 Å². The van der Waals surface area contributed by atoms with Gasteiger partial charge in [0.05, 0.1) is 13.7 Å². The van der Waals surface area contributed by atoms with E-state index in [0.29, 0.717) is 6.61 Å². The molecular weight excluding hydrogens is 268 g/mol. The molecule has 0 saturated heterocycles. The lowest BCUT2D eigenvalue weighted by molar-refractivity contribution is -0.509. The van der Waals surface area contributed by atoms with E-state index in [-0.39, 0.29) is 0 Å². The SMILES string of the molecule is CCCCOOC1(OOC)CCCCCCCCCCC1. The molecule has 0 aromatic carbocycles. The molecule has 1 saturated carbocycles. The Balaban J connectivity index is 2.49. The Kier molecular flexibility index (Phi) is 11.1. The second-order valence-corrected chi connectivity index (χ2v) is 6.10. The summed E-state index contributed by atoms with van der Waals surface area (Å²) in [6, 6.07) is 0. The zero-order valence-corrected chi connectivity index (χ0v) is 14.0. The molecule has 0 atom stereocenters. The predicted molar refractivity (Wildman–Crippen MR) is 83.6 cm³/mol. The first kappa shape index (κ1) is 18.9. The van der Waals surface area contributed by atoms with Crippen LogP contribution in [0, 0.1) is 0 Å².